The number of carbonyl (C=O) groups excluding carboxylic acids is 2. The van der Waals surface area contributed by atoms with Crippen LogP contribution in [0.1, 0.15) is 29.1 Å². The fourth-order valence-electron chi connectivity index (χ4n) is 3.16. The largest absolute Gasteiger partial charge is 0.507 e. The SMILES string of the molecule is CC(=O)O.Cc1nnc(N2C(=O)C(=O)/C(=C(/O)c3ccccc3)C2c2cccc(Br)c2)s1. The first-order valence-corrected chi connectivity index (χ1v) is 10.9. The van der Waals surface area contributed by atoms with Crippen molar-refractivity contribution in [3.63, 3.8) is 0 Å². The van der Waals surface area contributed by atoms with Crippen molar-refractivity contribution in [2.75, 3.05) is 4.90 Å². The van der Waals surface area contributed by atoms with Crippen LogP contribution < -0.4 is 4.90 Å². The van der Waals surface area contributed by atoms with Gasteiger partial charge in [-0.1, -0.05) is 69.7 Å². The van der Waals surface area contributed by atoms with Crippen molar-refractivity contribution < 1.29 is 24.6 Å². The molecule has 2 aromatic carbocycles. The first kappa shape index (κ1) is 23.3. The first-order valence-electron chi connectivity index (χ1n) is 9.32. The van der Waals surface area contributed by atoms with Crippen LogP contribution in [0.3, 0.4) is 0 Å². The van der Waals surface area contributed by atoms with Crippen LogP contribution >= 0.6 is 27.3 Å². The molecule has 3 aromatic rings. The average Bonchev–Trinajstić information content (AvgIpc) is 3.29. The number of carboxylic acid groups (broad SMARTS) is 1. The number of aliphatic hydroxyl groups is 1. The lowest BCUT2D eigenvalue weighted by molar-refractivity contribution is -0.134. The summed E-state index contributed by atoms with van der Waals surface area (Å²) in [6, 6.07) is 15.2. The van der Waals surface area contributed by atoms with Gasteiger partial charge in [-0.05, 0) is 24.6 Å². The highest BCUT2D eigenvalue weighted by Gasteiger charge is 2.48. The van der Waals surface area contributed by atoms with Crippen molar-refractivity contribution >= 4 is 55.8 Å². The molecule has 2 heterocycles. The molecule has 1 aliphatic heterocycles. The second-order valence-electron chi connectivity index (χ2n) is 6.71. The van der Waals surface area contributed by atoms with E-state index in [0.29, 0.717) is 21.3 Å². The van der Waals surface area contributed by atoms with Crippen molar-refractivity contribution in [3.8, 4) is 0 Å². The molecule has 1 fully saturated rings. The molecule has 32 heavy (non-hydrogen) atoms. The Morgan fingerprint density at radius 1 is 1.06 bits per heavy atom. The zero-order valence-corrected chi connectivity index (χ0v) is 19.4. The molecule has 1 aliphatic rings. The summed E-state index contributed by atoms with van der Waals surface area (Å²) in [6.07, 6.45) is 0. The number of aliphatic carboxylic acids is 1. The van der Waals surface area contributed by atoms with Crippen LogP contribution in [0.4, 0.5) is 5.13 Å². The number of aromatic nitrogens is 2. The molecule has 1 aromatic heterocycles. The predicted molar refractivity (Wildman–Crippen MR) is 123 cm³/mol. The lowest BCUT2D eigenvalue weighted by Crippen LogP contribution is -2.29. The van der Waals surface area contributed by atoms with Crippen LogP contribution in [0.15, 0.2) is 64.6 Å². The molecule has 4 rings (SSSR count). The molecule has 0 saturated carbocycles. The fraction of sp³-hybridized carbons (Fsp3) is 0.136. The quantitative estimate of drug-likeness (QED) is 0.302. The minimum atomic E-state index is -0.833. The van der Waals surface area contributed by atoms with E-state index in [2.05, 4.69) is 26.1 Å². The molecule has 8 nitrogen and oxygen atoms in total. The third-order valence-corrected chi connectivity index (χ3v) is 5.71. The van der Waals surface area contributed by atoms with Crippen molar-refractivity contribution in [1.29, 1.82) is 0 Å². The Balaban J connectivity index is 0.000000668. The first-order chi connectivity index (χ1) is 15.2. The summed E-state index contributed by atoms with van der Waals surface area (Å²) in [5, 5.41) is 27.3. The average molecular weight is 516 g/mol. The molecular formula is C22H18BrN3O5S. The van der Waals surface area contributed by atoms with Crippen molar-refractivity contribution in [2.45, 2.75) is 19.9 Å². The fourth-order valence-corrected chi connectivity index (χ4v) is 4.29. The van der Waals surface area contributed by atoms with E-state index in [-0.39, 0.29) is 11.3 Å². The topological polar surface area (TPSA) is 121 Å². The third-order valence-electron chi connectivity index (χ3n) is 4.38. The summed E-state index contributed by atoms with van der Waals surface area (Å²) in [7, 11) is 0. The molecule has 2 N–H and O–H groups in total. The van der Waals surface area contributed by atoms with Gasteiger partial charge < -0.3 is 10.2 Å². The number of anilines is 1. The number of hydrogen-bond donors (Lipinski definition) is 2. The Morgan fingerprint density at radius 3 is 2.28 bits per heavy atom. The molecule has 1 amide bonds. The van der Waals surface area contributed by atoms with Gasteiger partial charge in [0.15, 0.2) is 0 Å². The number of halogens is 1. The number of benzene rings is 2. The lowest BCUT2D eigenvalue weighted by Gasteiger charge is -2.22. The highest BCUT2D eigenvalue weighted by molar-refractivity contribution is 9.10. The summed E-state index contributed by atoms with van der Waals surface area (Å²) >= 11 is 4.65. The van der Waals surface area contributed by atoms with E-state index in [0.717, 1.165) is 11.4 Å². The molecule has 1 unspecified atom stereocenters. The van der Waals surface area contributed by atoms with Crippen LogP contribution in [-0.2, 0) is 14.4 Å². The Hall–Kier alpha value is -3.37. The summed E-state index contributed by atoms with van der Waals surface area (Å²) in [5.41, 5.74) is 1.18. The maximum absolute atomic E-state index is 12.9. The normalized spacial score (nSPS) is 17.1. The number of Topliss-reactive ketones (excluding diaryl/α,β-unsaturated/α-hetero) is 1. The van der Waals surface area contributed by atoms with Gasteiger partial charge in [-0.3, -0.25) is 19.3 Å². The van der Waals surface area contributed by atoms with Gasteiger partial charge in [-0.25, -0.2) is 0 Å². The molecule has 1 saturated heterocycles. The Labute approximate surface area is 196 Å². The predicted octanol–water partition coefficient (Wildman–Crippen LogP) is 4.33. The van der Waals surface area contributed by atoms with Gasteiger partial charge in [0.1, 0.15) is 10.8 Å². The Kier molecular flexibility index (Phi) is 7.16. The molecular weight excluding hydrogens is 498 g/mol. The van der Waals surface area contributed by atoms with Crippen LogP contribution in [-0.4, -0.2) is 38.1 Å². The molecule has 10 heteroatoms. The molecule has 0 aliphatic carbocycles. The van der Waals surface area contributed by atoms with Crippen LogP contribution in [0, 0.1) is 6.92 Å². The second kappa shape index (κ2) is 9.84. The van der Waals surface area contributed by atoms with Gasteiger partial charge >= 0.3 is 5.91 Å². The highest BCUT2D eigenvalue weighted by Crippen LogP contribution is 2.43. The number of aliphatic hydroxyl groups excluding tert-OH is 1. The van der Waals surface area contributed by atoms with Crippen molar-refractivity contribution in [3.05, 3.63) is 80.8 Å². The third kappa shape index (κ3) is 4.92. The molecule has 1 atom stereocenters. The highest BCUT2D eigenvalue weighted by atomic mass is 79.9. The number of rotatable bonds is 3. The van der Waals surface area contributed by atoms with E-state index in [9.17, 15) is 14.7 Å². The standard InChI is InChI=1S/C20H14BrN3O3S.C2H4O2/c1-11-22-23-20(28-11)24-16(13-8-5-9-14(21)10-13)15(18(26)19(24)27)17(25)12-6-3-2-4-7-12;1-2(3)4/h2-10,16,25H,1H3;1H3,(H,3,4)/b17-15+;. The summed E-state index contributed by atoms with van der Waals surface area (Å²) in [5.74, 6) is -2.54. The van der Waals surface area contributed by atoms with E-state index >= 15 is 0 Å². The van der Waals surface area contributed by atoms with Gasteiger partial charge in [0, 0.05) is 17.0 Å². The molecule has 0 bridgehead atoms. The molecule has 0 radical (unpaired) electrons. The van der Waals surface area contributed by atoms with E-state index in [1.165, 1.54) is 16.2 Å². The van der Waals surface area contributed by atoms with E-state index in [4.69, 9.17) is 9.90 Å². The van der Waals surface area contributed by atoms with Crippen LogP contribution in [0.2, 0.25) is 0 Å². The molecule has 164 valence electrons. The number of carboxylic acids is 1. The zero-order chi connectivity index (χ0) is 23.4. The number of ketones is 1. The number of aryl methyl sites for hydroxylation is 1. The van der Waals surface area contributed by atoms with Crippen LogP contribution in [0.25, 0.3) is 5.76 Å². The lowest BCUT2D eigenvalue weighted by atomic mass is 9.95. The number of amides is 1. The monoisotopic (exact) mass is 515 g/mol. The van der Waals surface area contributed by atoms with Crippen molar-refractivity contribution in [2.24, 2.45) is 0 Å². The van der Waals surface area contributed by atoms with E-state index in [1.807, 2.05) is 24.3 Å². The maximum Gasteiger partial charge on any atom is 0.301 e. The number of nitrogens with zero attached hydrogens (tertiary/aromatic N) is 3. The molecule has 0 spiro atoms. The van der Waals surface area contributed by atoms with Gasteiger partial charge in [0.2, 0.25) is 5.13 Å². The maximum atomic E-state index is 12.9. The number of hydrogen-bond acceptors (Lipinski definition) is 7. The van der Waals surface area contributed by atoms with Crippen molar-refractivity contribution in [1.82, 2.24) is 10.2 Å². The summed E-state index contributed by atoms with van der Waals surface area (Å²) < 4.78 is 0.795. The van der Waals surface area contributed by atoms with Gasteiger partial charge in [0.25, 0.3) is 11.8 Å². The van der Waals surface area contributed by atoms with Gasteiger partial charge in [0.05, 0.1) is 11.6 Å². The minimum Gasteiger partial charge on any atom is -0.507 e. The van der Waals surface area contributed by atoms with E-state index < -0.39 is 23.7 Å². The second-order valence-corrected chi connectivity index (χ2v) is 8.79. The summed E-state index contributed by atoms with van der Waals surface area (Å²) in [6.45, 7) is 2.86. The number of carbonyl (C=O) groups is 3. The zero-order valence-electron chi connectivity index (χ0n) is 17.0. The van der Waals surface area contributed by atoms with Gasteiger partial charge in [-0.2, -0.15) is 0 Å². The van der Waals surface area contributed by atoms with Crippen LogP contribution in [0.5, 0.6) is 0 Å². The van der Waals surface area contributed by atoms with E-state index in [1.54, 1.807) is 37.3 Å². The Bertz CT molecular complexity index is 1210. The minimum absolute atomic E-state index is 0.0298. The smallest absolute Gasteiger partial charge is 0.301 e. The Morgan fingerprint density at radius 2 is 1.72 bits per heavy atom. The summed E-state index contributed by atoms with van der Waals surface area (Å²) in [4.78, 5) is 36.1. The van der Waals surface area contributed by atoms with Gasteiger partial charge in [-0.15, -0.1) is 10.2 Å².